The molecule has 0 fully saturated rings. The minimum absolute atomic E-state index is 0.0782. The maximum absolute atomic E-state index is 5.15. The fraction of sp³-hybridized carbons (Fsp3) is 0.700. The Bertz CT molecular complexity index is 284. The summed E-state index contributed by atoms with van der Waals surface area (Å²) in [5.74, 6) is 0. The summed E-state index contributed by atoms with van der Waals surface area (Å²) < 4.78 is 12.2. The quantitative estimate of drug-likeness (QED) is 0.724. The molecule has 1 heterocycles. The van der Waals surface area contributed by atoms with Crippen LogP contribution in [0.5, 0.6) is 0 Å². The van der Waals surface area contributed by atoms with E-state index in [1.807, 2.05) is 24.7 Å². The summed E-state index contributed by atoms with van der Waals surface area (Å²) in [6.07, 6.45) is 3.50. The van der Waals surface area contributed by atoms with Gasteiger partial charge in [-0.2, -0.15) is 5.10 Å². The second-order valence-corrected chi connectivity index (χ2v) is 3.36. The Balaban J connectivity index is 2.53. The van der Waals surface area contributed by atoms with Crippen molar-refractivity contribution in [2.24, 2.45) is 0 Å². The summed E-state index contributed by atoms with van der Waals surface area (Å²) in [6, 6.07) is 0.0782. The van der Waals surface area contributed by atoms with Gasteiger partial charge in [0.05, 0.1) is 17.9 Å². The molecule has 0 radical (unpaired) electrons. The van der Waals surface area contributed by atoms with Gasteiger partial charge in [-0.25, -0.2) is 0 Å². The molecule has 5 heteroatoms. The van der Waals surface area contributed by atoms with Crippen LogP contribution in [0.15, 0.2) is 12.4 Å². The van der Waals surface area contributed by atoms with E-state index in [1.54, 1.807) is 20.4 Å². The van der Waals surface area contributed by atoms with E-state index in [0.717, 1.165) is 12.2 Å². The molecule has 15 heavy (non-hydrogen) atoms. The van der Waals surface area contributed by atoms with E-state index in [0.29, 0.717) is 0 Å². The molecule has 1 unspecified atom stereocenters. The SMILES string of the molecule is CCn1cc(NC(C)C(OC)OC)cn1. The van der Waals surface area contributed by atoms with Crippen LogP contribution >= 0.6 is 0 Å². The van der Waals surface area contributed by atoms with E-state index in [2.05, 4.69) is 10.4 Å². The van der Waals surface area contributed by atoms with Crippen LogP contribution in [0.25, 0.3) is 0 Å². The minimum Gasteiger partial charge on any atom is -0.375 e. The molecular formula is C10H19N3O2. The Labute approximate surface area is 90.4 Å². The van der Waals surface area contributed by atoms with Crippen molar-refractivity contribution in [1.29, 1.82) is 0 Å². The van der Waals surface area contributed by atoms with Crippen LogP contribution < -0.4 is 5.32 Å². The van der Waals surface area contributed by atoms with Gasteiger partial charge >= 0.3 is 0 Å². The number of nitrogens with one attached hydrogen (secondary N) is 1. The Morgan fingerprint density at radius 1 is 1.47 bits per heavy atom. The Morgan fingerprint density at radius 3 is 2.60 bits per heavy atom. The number of methoxy groups -OCH3 is 2. The fourth-order valence-electron chi connectivity index (χ4n) is 1.45. The molecule has 0 aliphatic carbocycles. The zero-order valence-electron chi connectivity index (χ0n) is 9.73. The highest BCUT2D eigenvalue weighted by atomic mass is 16.7. The second-order valence-electron chi connectivity index (χ2n) is 3.36. The van der Waals surface area contributed by atoms with Gasteiger partial charge < -0.3 is 14.8 Å². The van der Waals surface area contributed by atoms with Crippen molar-refractivity contribution in [2.75, 3.05) is 19.5 Å². The van der Waals surface area contributed by atoms with Crippen molar-refractivity contribution in [3.63, 3.8) is 0 Å². The van der Waals surface area contributed by atoms with E-state index in [4.69, 9.17) is 9.47 Å². The molecular weight excluding hydrogens is 194 g/mol. The van der Waals surface area contributed by atoms with Gasteiger partial charge in [-0.15, -0.1) is 0 Å². The van der Waals surface area contributed by atoms with E-state index in [-0.39, 0.29) is 12.3 Å². The van der Waals surface area contributed by atoms with Crippen LogP contribution in [0.1, 0.15) is 13.8 Å². The van der Waals surface area contributed by atoms with Crippen LogP contribution in [0.4, 0.5) is 5.69 Å². The molecule has 1 atom stereocenters. The molecule has 1 N–H and O–H groups in total. The summed E-state index contributed by atoms with van der Waals surface area (Å²) in [5.41, 5.74) is 0.975. The molecule has 0 aromatic carbocycles. The largest absolute Gasteiger partial charge is 0.375 e. The molecule has 0 saturated heterocycles. The number of aryl methyl sites for hydroxylation is 1. The fourth-order valence-corrected chi connectivity index (χ4v) is 1.45. The predicted octanol–water partition coefficient (Wildman–Crippen LogP) is 1.32. The maximum Gasteiger partial charge on any atom is 0.176 e. The summed E-state index contributed by atoms with van der Waals surface area (Å²) in [7, 11) is 3.25. The first kappa shape index (κ1) is 12.0. The molecule has 1 aromatic rings. The summed E-state index contributed by atoms with van der Waals surface area (Å²) in [4.78, 5) is 0. The highest BCUT2D eigenvalue weighted by Gasteiger charge is 2.15. The first-order valence-electron chi connectivity index (χ1n) is 5.05. The van der Waals surface area contributed by atoms with Gasteiger partial charge in [0, 0.05) is 27.0 Å². The first-order valence-corrected chi connectivity index (χ1v) is 5.05. The molecule has 1 aromatic heterocycles. The zero-order chi connectivity index (χ0) is 11.3. The number of hydrogen-bond donors (Lipinski definition) is 1. The van der Waals surface area contributed by atoms with Gasteiger partial charge in [0.15, 0.2) is 6.29 Å². The molecule has 86 valence electrons. The van der Waals surface area contributed by atoms with Gasteiger partial charge in [-0.05, 0) is 13.8 Å². The maximum atomic E-state index is 5.15. The number of nitrogens with zero attached hydrogens (tertiary/aromatic N) is 2. The summed E-state index contributed by atoms with van der Waals surface area (Å²) in [6.45, 7) is 4.92. The second kappa shape index (κ2) is 5.72. The monoisotopic (exact) mass is 213 g/mol. The lowest BCUT2D eigenvalue weighted by atomic mass is 10.3. The van der Waals surface area contributed by atoms with E-state index >= 15 is 0 Å². The molecule has 0 aliphatic heterocycles. The highest BCUT2D eigenvalue weighted by molar-refractivity contribution is 5.39. The predicted molar refractivity (Wildman–Crippen MR) is 58.8 cm³/mol. The molecule has 5 nitrogen and oxygen atoms in total. The number of ether oxygens (including phenoxy) is 2. The van der Waals surface area contributed by atoms with Crippen molar-refractivity contribution >= 4 is 5.69 Å². The average molecular weight is 213 g/mol. The van der Waals surface area contributed by atoms with Crippen LogP contribution in [0.2, 0.25) is 0 Å². The molecule has 1 rings (SSSR count). The molecule has 0 amide bonds. The minimum atomic E-state index is -0.255. The molecule has 0 spiro atoms. The smallest absolute Gasteiger partial charge is 0.176 e. The topological polar surface area (TPSA) is 48.3 Å². The summed E-state index contributed by atoms with van der Waals surface area (Å²) >= 11 is 0. The van der Waals surface area contributed by atoms with Crippen molar-refractivity contribution in [3.8, 4) is 0 Å². The van der Waals surface area contributed by atoms with E-state index < -0.39 is 0 Å². The lowest BCUT2D eigenvalue weighted by Crippen LogP contribution is -2.33. The van der Waals surface area contributed by atoms with Crippen LogP contribution in [0.3, 0.4) is 0 Å². The number of anilines is 1. The molecule has 0 aliphatic rings. The average Bonchev–Trinajstić information content (AvgIpc) is 2.67. The van der Waals surface area contributed by atoms with Crippen molar-refractivity contribution in [3.05, 3.63) is 12.4 Å². The normalized spacial score (nSPS) is 13.1. The first-order chi connectivity index (χ1) is 7.21. The number of aromatic nitrogens is 2. The third-order valence-corrected chi connectivity index (χ3v) is 2.22. The van der Waals surface area contributed by atoms with Gasteiger partial charge in [0.25, 0.3) is 0 Å². The van der Waals surface area contributed by atoms with E-state index in [9.17, 15) is 0 Å². The van der Waals surface area contributed by atoms with Crippen LogP contribution in [0, 0.1) is 0 Å². The number of hydrogen-bond acceptors (Lipinski definition) is 4. The van der Waals surface area contributed by atoms with Crippen molar-refractivity contribution in [2.45, 2.75) is 32.7 Å². The van der Waals surface area contributed by atoms with Gasteiger partial charge in [-0.3, -0.25) is 4.68 Å². The lowest BCUT2D eigenvalue weighted by Gasteiger charge is -2.22. The van der Waals surface area contributed by atoms with Crippen molar-refractivity contribution < 1.29 is 9.47 Å². The van der Waals surface area contributed by atoms with E-state index in [1.165, 1.54) is 0 Å². The highest BCUT2D eigenvalue weighted by Crippen LogP contribution is 2.10. The van der Waals surface area contributed by atoms with Gasteiger partial charge in [0.1, 0.15) is 0 Å². The van der Waals surface area contributed by atoms with Crippen LogP contribution in [-0.2, 0) is 16.0 Å². The number of rotatable bonds is 6. The Hall–Kier alpha value is -1.07. The third kappa shape index (κ3) is 3.21. The Kier molecular flexibility index (Phi) is 4.58. The summed E-state index contributed by atoms with van der Waals surface area (Å²) in [5, 5.41) is 7.44. The third-order valence-electron chi connectivity index (χ3n) is 2.22. The standard InChI is InChI=1S/C10H19N3O2/c1-5-13-7-9(6-11-13)12-8(2)10(14-3)15-4/h6-8,10,12H,5H2,1-4H3. The van der Waals surface area contributed by atoms with Crippen LogP contribution in [-0.4, -0.2) is 36.3 Å². The van der Waals surface area contributed by atoms with Gasteiger partial charge in [-0.1, -0.05) is 0 Å². The lowest BCUT2D eigenvalue weighted by molar-refractivity contribution is -0.109. The van der Waals surface area contributed by atoms with Crippen molar-refractivity contribution in [1.82, 2.24) is 9.78 Å². The molecule has 0 saturated carbocycles. The Morgan fingerprint density at radius 2 is 2.13 bits per heavy atom. The zero-order valence-corrected chi connectivity index (χ0v) is 9.73. The van der Waals surface area contributed by atoms with Gasteiger partial charge in [0.2, 0.25) is 0 Å². The molecule has 0 bridgehead atoms.